The Morgan fingerprint density at radius 2 is 2.17 bits per heavy atom. The molecule has 128 valence electrons. The molecule has 3 rings (SSSR count). The van der Waals surface area contributed by atoms with E-state index < -0.39 is 21.6 Å². The lowest BCUT2D eigenvalue weighted by atomic mass is 10.0. The maximum Gasteiger partial charge on any atom is 0.271 e. The van der Waals surface area contributed by atoms with Crippen molar-refractivity contribution in [3.8, 4) is 12.3 Å². The number of nitrogens with zero attached hydrogens (tertiary/aromatic N) is 5. The van der Waals surface area contributed by atoms with Crippen LogP contribution in [0.4, 0.5) is 0 Å². The predicted molar refractivity (Wildman–Crippen MR) is 84.6 cm³/mol. The predicted octanol–water partition coefficient (Wildman–Crippen LogP) is 0.213. The Balaban J connectivity index is 1.60. The van der Waals surface area contributed by atoms with Crippen molar-refractivity contribution in [2.75, 3.05) is 20.1 Å². The molecular formula is C14H18N6O3S. The molecule has 9 nitrogen and oxygen atoms in total. The van der Waals surface area contributed by atoms with Crippen LogP contribution in [0.5, 0.6) is 0 Å². The van der Waals surface area contributed by atoms with Crippen molar-refractivity contribution in [3.05, 3.63) is 11.8 Å². The van der Waals surface area contributed by atoms with Crippen molar-refractivity contribution in [2.45, 2.75) is 36.5 Å². The van der Waals surface area contributed by atoms with Gasteiger partial charge in [-0.1, -0.05) is 0 Å². The molecule has 10 heteroatoms. The number of terminal acetylenes is 1. The molecule has 3 heterocycles. The van der Waals surface area contributed by atoms with E-state index in [1.165, 1.54) is 22.1 Å². The Labute approximate surface area is 140 Å². The number of likely N-dealkylation sites (N-methyl/N-ethyl adjacent to an activating group) is 1. The van der Waals surface area contributed by atoms with Gasteiger partial charge in [-0.25, -0.2) is 8.42 Å². The number of hydrogen-bond acceptors (Lipinski definition) is 6. The van der Waals surface area contributed by atoms with Gasteiger partial charge >= 0.3 is 0 Å². The molecule has 0 saturated carbocycles. The molecule has 1 aromatic heterocycles. The lowest BCUT2D eigenvalue weighted by Crippen LogP contribution is -2.37. The maximum absolute atomic E-state index is 12.2. The zero-order chi connectivity index (χ0) is 17.4. The molecule has 0 unspecified atom stereocenters. The molecular weight excluding hydrogens is 332 g/mol. The first-order valence-electron chi connectivity index (χ1n) is 7.58. The van der Waals surface area contributed by atoms with Crippen molar-refractivity contribution in [2.24, 2.45) is 10.2 Å². The van der Waals surface area contributed by atoms with E-state index in [-0.39, 0.29) is 10.7 Å². The highest BCUT2D eigenvalue weighted by Gasteiger charge is 2.38. The molecule has 24 heavy (non-hydrogen) atoms. The minimum atomic E-state index is -3.57. The summed E-state index contributed by atoms with van der Waals surface area (Å²) in [4.78, 5) is 12.2. The van der Waals surface area contributed by atoms with E-state index in [0.717, 1.165) is 0 Å². The third-order valence-electron chi connectivity index (χ3n) is 4.14. The summed E-state index contributed by atoms with van der Waals surface area (Å²) in [7, 11) is -2.07. The van der Waals surface area contributed by atoms with Crippen LogP contribution < -0.4 is 5.32 Å². The highest BCUT2D eigenvalue weighted by molar-refractivity contribution is 7.89. The Kier molecular flexibility index (Phi) is 4.15. The second kappa shape index (κ2) is 5.99. The lowest BCUT2D eigenvalue weighted by Gasteiger charge is -2.22. The van der Waals surface area contributed by atoms with Crippen LogP contribution >= 0.6 is 0 Å². The smallest absolute Gasteiger partial charge is 0.271 e. The number of carbonyl (C=O) groups is 1. The highest BCUT2D eigenvalue weighted by Crippen LogP contribution is 2.36. The summed E-state index contributed by atoms with van der Waals surface area (Å²) in [5, 5.41) is 14.8. The number of amides is 1. The van der Waals surface area contributed by atoms with Crippen molar-refractivity contribution < 1.29 is 13.2 Å². The molecule has 1 N–H and O–H groups in total. The standard InChI is InChI=1S/C14H18N6O3S/c1-3-4-5-14(17-18-14)6-7-15-13(21)11-10-12-20(16-11)9-8-19(2)24(12,22)23/h1,10H,4-9H2,2H3,(H,15,21). The van der Waals surface area contributed by atoms with Crippen LogP contribution in [0.25, 0.3) is 0 Å². The van der Waals surface area contributed by atoms with E-state index in [2.05, 4.69) is 26.6 Å². The van der Waals surface area contributed by atoms with Gasteiger partial charge in [0.1, 0.15) is 0 Å². The quantitative estimate of drug-likeness (QED) is 0.740. The van der Waals surface area contributed by atoms with Crippen LogP contribution in [0.1, 0.15) is 29.8 Å². The zero-order valence-corrected chi connectivity index (χ0v) is 14.1. The maximum atomic E-state index is 12.2. The average Bonchev–Trinajstić information content (AvgIpc) is 3.16. The van der Waals surface area contributed by atoms with Crippen molar-refractivity contribution in [1.29, 1.82) is 0 Å². The number of fused-ring (bicyclic) bond motifs is 1. The van der Waals surface area contributed by atoms with E-state index in [1.54, 1.807) is 0 Å². The van der Waals surface area contributed by atoms with Gasteiger partial charge in [-0.05, 0) is 0 Å². The van der Waals surface area contributed by atoms with Gasteiger partial charge in [0.25, 0.3) is 15.9 Å². The lowest BCUT2D eigenvalue weighted by molar-refractivity contribution is 0.0946. The van der Waals surface area contributed by atoms with Crippen molar-refractivity contribution >= 4 is 15.9 Å². The minimum Gasteiger partial charge on any atom is -0.350 e. The molecule has 0 spiro atoms. The summed E-state index contributed by atoms with van der Waals surface area (Å²) in [6.45, 7) is 1.12. The molecule has 0 aromatic carbocycles. The number of nitrogens with one attached hydrogen (secondary N) is 1. The van der Waals surface area contributed by atoms with Gasteiger partial charge in [0.15, 0.2) is 16.4 Å². The monoisotopic (exact) mass is 350 g/mol. The van der Waals surface area contributed by atoms with Crippen molar-refractivity contribution in [3.63, 3.8) is 0 Å². The topological polar surface area (TPSA) is 109 Å². The fourth-order valence-corrected chi connectivity index (χ4v) is 3.83. The fraction of sp³-hybridized carbons (Fsp3) is 0.571. The summed E-state index contributed by atoms with van der Waals surface area (Å²) < 4.78 is 27.0. The Bertz CT molecular complexity index is 829. The van der Waals surface area contributed by atoms with Crippen LogP contribution in [-0.4, -0.2) is 54.2 Å². The zero-order valence-electron chi connectivity index (χ0n) is 13.3. The molecule has 0 radical (unpaired) electrons. The summed E-state index contributed by atoms with van der Waals surface area (Å²) in [6, 6.07) is 1.31. The SMILES string of the molecule is C#CCCC1(CCNC(=O)c2cc3n(n2)CCN(C)S3(=O)=O)N=N1. The van der Waals surface area contributed by atoms with Crippen LogP contribution in [0.15, 0.2) is 21.3 Å². The Hall–Kier alpha value is -2.25. The summed E-state index contributed by atoms with van der Waals surface area (Å²) in [6.07, 6.45) is 7.05. The molecule has 0 atom stereocenters. The normalized spacial score (nSPS) is 20.2. The Morgan fingerprint density at radius 3 is 2.83 bits per heavy atom. The van der Waals surface area contributed by atoms with Gasteiger partial charge in [-0.2, -0.15) is 19.6 Å². The van der Waals surface area contributed by atoms with Crippen LogP contribution in [0.3, 0.4) is 0 Å². The molecule has 0 aliphatic carbocycles. The second-order valence-corrected chi connectivity index (χ2v) is 7.80. The molecule has 2 aliphatic rings. The molecule has 1 amide bonds. The number of aromatic nitrogens is 2. The van der Waals surface area contributed by atoms with E-state index in [0.29, 0.717) is 38.9 Å². The molecule has 0 bridgehead atoms. The molecule has 2 aliphatic heterocycles. The van der Waals surface area contributed by atoms with Crippen LogP contribution in [-0.2, 0) is 16.6 Å². The highest BCUT2D eigenvalue weighted by atomic mass is 32.2. The first kappa shape index (κ1) is 16.6. The largest absolute Gasteiger partial charge is 0.350 e. The van der Waals surface area contributed by atoms with Gasteiger partial charge in [-0.15, -0.1) is 12.3 Å². The number of sulfonamides is 1. The molecule has 1 aromatic rings. The summed E-state index contributed by atoms with van der Waals surface area (Å²) in [5.41, 5.74) is -0.370. The molecule has 0 saturated heterocycles. The van der Waals surface area contributed by atoms with E-state index in [1.807, 2.05) is 0 Å². The van der Waals surface area contributed by atoms with E-state index in [9.17, 15) is 13.2 Å². The van der Waals surface area contributed by atoms with Crippen LogP contribution in [0, 0.1) is 12.3 Å². The van der Waals surface area contributed by atoms with Crippen molar-refractivity contribution in [1.82, 2.24) is 19.4 Å². The summed E-state index contributed by atoms with van der Waals surface area (Å²) >= 11 is 0. The minimum absolute atomic E-state index is 0.0408. The van der Waals surface area contributed by atoms with E-state index >= 15 is 0 Å². The van der Waals surface area contributed by atoms with Gasteiger partial charge < -0.3 is 5.32 Å². The second-order valence-electron chi connectivity index (χ2n) is 5.81. The van der Waals surface area contributed by atoms with Gasteiger partial charge in [0, 0.05) is 45.5 Å². The first-order chi connectivity index (χ1) is 11.4. The van der Waals surface area contributed by atoms with Crippen LogP contribution in [0.2, 0.25) is 0 Å². The third-order valence-corrected chi connectivity index (χ3v) is 6.00. The number of carbonyl (C=O) groups excluding carboxylic acids is 1. The van der Waals surface area contributed by atoms with Gasteiger partial charge in [0.05, 0.1) is 6.54 Å². The van der Waals surface area contributed by atoms with Gasteiger partial charge in [0.2, 0.25) is 0 Å². The summed E-state index contributed by atoms with van der Waals surface area (Å²) in [5.74, 6) is 2.13. The average molecular weight is 350 g/mol. The number of hydrogen-bond donors (Lipinski definition) is 1. The Morgan fingerprint density at radius 1 is 1.42 bits per heavy atom. The fourth-order valence-electron chi connectivity index (χ4n) is 2.53. The third kappa shape index (κ3) is 3.05. The van der Waals surface area contributed by atoms with E-state index in [4.69, 9.17) is 6.42 Å². The first-order valence-corrected chi connectivity index (χ1v) is 9.02. The molecule has 0 fully saturated rings. The van der Waals surface area contributed by atoms with Gasteiger partial charge in [-0.3, -0.25) is 9.48 Å². The number of rotatable bonds is 6.